The zero-order chi connectivity index (χ0) is 24.4. The zero-order valence-corrected chi connectivity index (χ0v) is 21.2. The van der Waals surface area contributed by atoms with Gasteiger partial charge in [0.05, 0.1) is 16.8 Å². The first-order valence-electron chi connectivity index (χ1n) is 12.1. The molecule has 0 unspecified atom stereocenters. The predicted molar refractivity (Wildman–Crippen MR) is 139 cm³/mol. The number of halogens is 2. The first-order chi connectivity index (χ1) is 16.3. The van der Waals surface area contributed by atoms with E-state index in [4.69, 9.17) is 11.6 Å². The summed E-state index contributed by atoms with van der Waals surface area (Å²) < 4.78 is 14.4. The molecule has 0 aliphatic heterocycles. The van der Waals surface area contributed by atoms with E-state index in [1.54, 1.807) is 19.2 Å². The number of pyridine rings is 1. The minimum Gasteiger partial charge on any atom is -0.381 e. The van der Waals surface area contributed by atoms with E-state index < -0.39 is 0 Å². The Labute approximate surface area is 206 Å². The lowest BCUT2D eigenvalue weighted by Gasteiger charge is -2.32. The second-order valence-electron chi connectivity index (χ2n) is 9.74. The fourth-order valence-corrected chi connectivity index (χ4v) is 5.16. The van der Waals surface area contributed by atoms with Gasteiger partial charge in [0.2, 0.25) is 0 Å². The summed E-state index contributed by atoms with van der Waals surface area (Å²) >= 11 is 6.26. The van der Waals surface area contributed by atoms with E-state index in [1.165, 1.54) is 18.9 Å². The third kappa shape index (κ3) is 5.26. The third-order valence-electron chi connectivity index (χ3n) is 6.92. The summed E-state index contributed by atoms with van der Waals surface area (Å²) in [5, 5.41) is 5.00. The standard InChI is InChI=1S/C28H33ClFN3O/c1-5-27(34)23-15-31-26-11-8-19(20-13-24(29)17(2)25(30)14-20)12-22(26)28(23)32-21-9-6-18(7-10-21)16-33(3)4/h8,11-15,18,21H,5-7,9-10,16H2,1-4H3,(H,31,32). The van der Waals surface area contributed by atoms with Gasteiger partial charge in [-0.25, -0.2) is 4.39 Å². The van der Waals surface area contributed by atoms with Crippen molar-refractivity contribution in [3.05, 3.63) is 58.5 Å². The van der Waals surface area contributed by atoms with E-state index in [0.717, 1.165) is 41.5 Å². The number of aromatic nitrogens is 1. The van der Waals surface area contributed by atoms with Gasteiger partial charge < -0.3 is 10.2 Å². The van der Waals surface area contributed by atoms with Gasteiger partial charge in [-0.2, -0.15) is 0 Å². The summed E-state index contributed by atoms with van der Waals surface area (Å²) in [5.41, 5.74) is 4.25. The molecule has 1 heterocycles. The van der Waals surface area contributed by atoms with Crippen LogP contribution in [0.25, 0.3) is 22.0 Å². The summed E-state index contributed by atoms with van der Waals surface area (Å²) in [7, 11) is 4.25. The largest absolute Gasteiger partial charge is 0.381 e. The zero-order valence-electron chi connectivity index (χ0n) is 20.4. The van der Waals surface area contributed by atoms with Crippen LogP contribution in [0.2, 0.25) is 5.02 Å². The monoisotopic (exact) mass is 481 g/mol. The Balaban J connectivity index is 1.72. The van der Waals surface area contributed by atoms with Crippen molar-refractivity contribution in [2.75, 3.05) is 26.0 Å². The Bertz CT molecular complexity index is 1180. The van der Waals surface area contributed by atoms with Crippen LogP contribution in [0.3, 0.4) is 0 Å². The molecule has 1 saturated carbocycles. The van der Waals surface area contributed by atoms with Gasteiger partial charge in [-0.15, -0.1) is 0 Å². The highest BCUT2D eigenvalue weighted by atomic mass is 35.5. The molecule has 1 N–H and O–H groups in total. The van der Waals surface area contributed by atoms with Gasteiger partial charge in [0.15, 0.2) is 5.78 Å². The molecule has 34 heavy (non-hydrogen) atoms. The molecule has 0 bridgehead atoms. The highest BCUT2D eigenvalue weighted by Gasteiger charge is 2.24. The molecule has 4 rings (SSSR count). The Morgan fingerprint density at radius 1 is 1.15 bits per heavy atom. The van der Waals surface area contributed by atoms with Crippen molar-refractivity contribution in [3.63, 3.8) is 0 Å². The molecule has 1 aliphatic carbocycles. The molecule has 180 valence electrons. The number of hydrogen-bond acceptors (Lipinski definition) is 4. The lowest BCUT2D eigenvalue weighted by Crippen LogP contribution is -2.31. The van der Waals surface area contributed by atoms with Crippen LogP contribution in [0.15, 0.2) is 36.5 Å². The second-order valence-corrected chi connectivity index (χ2v) is 10.2. The molecule has 3 aromatic rings. The summed E-state index contributed by atoms with van der Waals surface area (Å²) in [6.45, 7) is 4.66. The molecule has 0 spiro atoms. The number of anilines is 1. The maximum Gasteiger partial charge on any atom is 0.166 e. The van der Waals surface area contributed by atoms with Crippen molar-refractivity contribution < 1.29 is 9.18 Å². The van der Waals surface area contributed by atoms with E-state index in [2.05, 4.69) is 29.3 Å². The second kappa shape index (κ2) is 10.4. The number of nitrogens with one attached hydrogen (secondary N) is 1. The Hall–Kier alpha value is -2.50. The molecule has 6 heteroatoms. The molecule has 2 aromatic carbocycles. The van der Waals surface area contributed by atoms with Crippen molar-refractivity contribution in [1.82, 2.24) is 9.88 Å². The van der Waals surface area contributed by atoms with Gasteiger partial charge in [0.25, 0.3) is 0 Å². The number of benzene rings is 2. The highest BCUT2D eigenvalue weighted by molar-refractivity contribution is 6.31. The van der Waals surface area contributed by atoms with Gasteiger partial charge in [-0.1, -0.05) is 24.6 Å². The maximum absolute atomic E-state index is 14.4. The molecule has 0 atom stereocenters. The van der Waals surface area contributed by atoms with Crippen molar-refractivity contribution in [2.24, 2.45) is 5.92 Å². The van der Waals surface area contributed by atoms with Crippen molar-refractivity contribution >= 4 is 34.0 Å². The molecule has 1 fully saturated rings. The highest BCUT2D eigenvalue weighted by Crippen LogP contribution is 2.35. The van der Waals surface area contributed by atoms with Gasteiger partial charge in [0, 0.05) is 41.2 Å². The number of fused-ring (bicyclic) bond motifs is 1. The Morgan fingerprint density at radius 2 is 1.88 bits per heavy atom. The van der Waals surface area contributed by atoms with Crippen LogP contribution in [0.5, 0.6) is 0 Å². The average Bonchev–Trinajstić information content (AvgIpc) is 2.82. The average molecular weight is 482 g/mol. The van der Waals surface area contributed by atoms with Crippen LogP contribution in [-0.2, 0) is 0 Å². The van der Waals surface area contributed by atoms with Gasteiger partial charge in [-0.3, -0.25) is 9.78 Å². The normalized spacial score (nSPS) is 18.4. The fraction of sp³-hybridized carbons (Fsp3) is 0.429. The summed E-state index contributed by atoms with van der Waals surface area (Å²) in [6, 6.07) is 9.45. The van der Waals surface area contributed by atoms with Crippen molar-refractivity contribution in [2.45, 2.75) is 52.0 Å². The SMILES string of the molecule is CCC(=O)c1cnc2ccc(-c3cc(F)c(C)c(Cl)c3)cc2c1NC1CCC(CN(C)C)CC1. The molecular weight excluding hydrogens is 449 g/mol. The third-order valence-corrected chi connectivity index (χ3v) is 7.31. The van der Waals surface area contributed by atoms with E-state index in [9.17, 15) is 9.18 Å². The van der Waals surface area contributed by atoms with Crippen LogP contribution in [-0.4, -0.2) is 42.3 Å². The van der Waals surface area contributed by atoms with Gasteiger partial charge in [0.1, 0.15) is 5.82 Å². The Kier molecular flexibility index (Phi) is 7.54. The lowest BCUT2D eigenvalue weighted by atomic mass is 9.85. The van der Waals surface area contributed by atoms with E-state index in [-0.39, 0.29) is 11.6 Å². The van der Waals surface area contributed by atoms with Crippen LogP contribution >= 0.6 is 11.6 Å². The van der Waals surface area contributed by atoms with E-state index >= 15 is 0 Å². The molecule has 0 radical (unpaired) electrons. The van der Waals surface area contributed by atoms with Crippen molar-refractivity contribution in [3.8, 4) is 11.1 Å². The van der Waals surface area contributed by atoms with E-state index in [1.807, 2.05) is 25.1 Å². The first kappa shape index (κ1) is 24.6. The fourth-order valence-electron chi connectivity index (χ4n) is 4.95. The van der Waals surface area contributed by atoms with Crippen LogP contribution in [0.1, 0.15) is 54.9 Å². The van der Waals surface area contributed by atoms with Crippen LogP contribution in [0.4, 0.5) is 10.1 Å². The molecule has 0 amide bonds. The number of Topliss-reactive ketones (excluding diaryl/α,β-unsaturated/α-hetero) is 1. The summed E-state index contributed by atoms with van der Waals surface area (Å²) in [4.78, 5) is 19.6. The number of hydrogen-bond donors (Lipinski definition) is 1. The smallest absolute Gasteiger partial charge is 0.166 e. The first-order valence-corrected chi connectivity index (χ1v) is 12.5. The minimum absolute atomic E-state index is 0.0630. The number of nitrogens with zero attached hydrogens (tertiary/aromatic N) is 2. The molecule has 4 nitrogen and oxygen atoms in total. The molecule has 0 saturated heterocycles. The summed E-state index contributed by atoms with van der Waals surface area (Å²) in [5.74, 6) is 0.447. The minimum atomic E-state index is -0.330. The molecule has 1 aromatic heterocycles. The number of rotatable bonds is 7. The van der Waals surface area contributed by atoms with Crippen molar-refractivity contribution in [1.29, 1.82) is 0 Å². The molecular formula is C28H33ClFN3O. The Morgan fingerprint density at radius 3 is 2.53 bits per heavy atom. The van der Waals surface area contributed by atoms with Gasteiger partial charge in [-0.05, 0) is 88.0 Å². The van der Waals surface area contributed by atoms with Crippen LogP contribution in [0, 0.1) is 18.7 Å². The quantitative estimate of drug-likeness (QED) is 0.364. The summed E-state index contributed by atoms with van der Waals surface area (Å²) in [6.07, 6.45) is 6.58. The van der Waals surface area contributed by atoms with Gasteiger partial charge >= 0.3 is 0 Å². The topological polar surface area (TPSA) is 45.2 Å². The van der Waals surface area contributed by atoms with E-state index in [0.29, 0.717) is 40.1 Å². The number of carbonyl (C=O) groups is 1. The lowest BCUT2D eigenvalue weighted by molar-refractivity contribution is 0.0988. The molecule has 1 aliphatic rings. The van der Waals surface area contributed by atoms with Crippen LogP contribution < -0.4 is 5.32 Å². The number of carbonyl (C=O) groups excluding carboxylic acids is 1. The number of ketones is 1. The maximum atomic E-state index is 14.4. The predicted octanol–water partition coefficient (Wildman–Crippen LogP) is 7.13.